The number of hydrogen-bond donors (Lipinski definition) is 1. The number of nitrogen functional groups attached to an aromatic ring is 1. The Kier molecular flexibility index (Phi) is 2.97. The van der Waals surface area contributed by atoms with Crippen molar-refractivity contribution >= 4 is 5.82 Å². The number of rotatable bonds is 3. The molecule has 0 saturated heterocycles. The normalized spacial score (nSPS) is 9.88. The van der Waals surface area contributed by atoms with Gasteiger partial charge in [-0.25, -0.2) is 0 Å². The van der Waals surface area contributed by atoms with Crippen molar-refractivity contribution in [1.82, 2.24) is 9.78 Å². The standard InChI is InChI=1S/C12H12N4O/c1-17-11-4-2-9(3-5-11)7-16-8-10(6-13)12(14)15-16/h2-5,8H,7H2,1H3,(H2,14,15). The van der Waals surface area contributed by atoms with Crippen LogP contribution in [0.2, 0.25) is 0 Å². The third-order valence-electron chi connectivity index (χ3n) is 2.41. The topological polar surface area (TPSA) is 76.9 Å². The van der Waals surface area contributed by atoms with Crippen LogP contribution in [0.15, 0.2) is 30.5 Å². The minimum Gasteiger partial charge on any atom is -0.497 e. The number of hydrogen-bond acceptors (Lipinski definition) is 4. The van der Waals surface area contributed by atoms with Crippen LogP contribution in [-0.4, -0.2) is 16.9 Å². The fourth-order valence-electron chi connectivity index (χ4n) is 1.52. The molecule has 5 nitrogen and oxygen atoms in total. The lowest BCUT2D eigenvalue weighted by molar-refractivity contribution is 0.414. The Balaban J connectivity index is 2.17. The van der Waals surface area contributed by atoms with Gasteiger partial charge in [-0.2, -0.15) is 10.4 Å². The summed E-state index contributed by atoms with van der Waals surface area (Å²) in [6.45, 7) is 0.579. The van der Waals surface area contributed by atoms with Gasteiger partial charge in [0.1, 0.15) is 17.4 Å². The SMILES string of the molecule is COc1ccc(Cn2cc(C#N)c(N)n2)cc1. The van der Waals surface area contributed by atoms with Gasteiger partial charge >= 0.3 is 0 Å². The molecule has 2 N–H and O–H groups in total. The summed E-state index contributed by atoms with van der Waals surface area (Å²) in [5.41, 5.74) is 7.05. The van der Waals surface area contributed by atoms with Crippen molar-refractivity contribution in [2.24, 2.45) is 0 Å². The molecule has 0 radical (unpaired) electrons. The van der Waals surface area contributed by atoms with E-state index in [0.29, 0.717) is 12.1 Å². The fraction of sp³-hybridized carbons (Fsp3) is 0.167. The van der Waals surface area contributed by atoms with Crippen LogP contribution in [0, 0.1) is 11.3 Å². The minimum atomic E-state index is 0.265. The molecule has 0 bridgehead atoms. The number of aromatic nitrogens is 2. The third kappa shape index (κ3) is 2.37. The molecular formula is C12H12N4O. The second kappa shape index (κ2) is 4.58. The Morgan fingerprint density at radius 2 is 2.12 bits per heavy atom. The van der Waals surface area contributed by atoms with Crippen molar-refractivity contribution in [2.45, 2.75) is 6.54 Å². The van der Waals surface area contributed by atoms with Crippen LogP contribution in [-0.2, 0) is 6.54 Å². The number of methoxy groups -OCH3 is 1. The van der Waals surface area contributed by atoms with E-state index >= 15 is 0 Å². The lowest BCUT2D eigenvalue weighted by Crippen LogP contribution is -2.00. The molecule has 0 atom stereocenters. The zero-order chi connectivity index (χ0) is 12.3. The lowest BCUT2D eigenvalue weighted by atomic mass is 10.2. The number of benzene rings is 1. The molecule has 0 amide bonds. The first kappa shape index (κ1) is 11.0. The van der Waals surface area contributed by atoms with Crippen LogP contribution in [0.5, 0.6) is 5.75 Å². The van der Waals surface area contributed by atoms with E-state index in [1.54, 1.807) is 18.0 Å². The maximum atomic E-state index is 8.77. The van der Waals surface area contributed by atoms with Gasteiger partial charge in [0.25, 0.3) is 0 Å². The fourth-order valence-corrected chi connectivity index (χ4v) is 1.52. The van der Waals surface area contributed by atoms with Gasteiger partial charge in [-0.3, -0.25) is 4.68 Å². The molecule has 0 spiro atoms. The quantitative estimate of drug-likeness (QED) is 0.861. The number of nitrogens with zero attached hydrogens (tertiary/aromatic N) is 3. The maximum Gasteiger partial charge on any atom is 0.163 e. The van der Waals surface area contributed by atoms with E-state index in [1.165, 1.54) is 0 Å². The smallest absolute Gasteiger partial charge is 0.163 e. The molecule has 1 heterocycles. The zero-order valence-electron chi connectivity index (χ0n) is 9.42. The van der Waals surface area contributed by atoms with Crippen molar-refractivity contribution < 1.29 is 4.74 Å². The Labute approximate surface area is 99.0 Å². The Morgan fingerprint density at radius 3 is 2.65 bits per heavy atom. The van der Waals surface area contributed by atoms with E-state index in [4.69, 9.17) is 15.7 Å². The second-order valence-corrected chi connectivity index (χ2v) is 3.59. The number of ether oxygens (including phenoxy) is 1. The third-order valence-corrected chi connectivity index (χ3v) is 2.41. The summed E-state index contributed by atoms with van der Waals surface area (Å²) in [4.78, 5) is 0. The zero-order valence-corrected chi connectivity index (χ0v) is 9.42. The summed E-state index contributed by atoms with van der Waals surface area (Å²) in [5.74, 6) is 1.08. The van der Waals surface area contributed by atoms with Crippen molar-refractivity contribution in [1.29, 1.82) is 5.26 Å². The summed E-state index contributed by atoms with van der Waals surface area (Å²) >= 11 is 0. The van der Waals surface area contributed by atoms with Gasteiger partial charge < -0.3 is 10.5 Å². The molecular weight excluding hydrogens is 216 g/mol. The van der Waals surface area contributed by atoms with Gasteiger partial charge in [0.15, 0.2) is 5.82 Å². The number of nitrogens with two attached hydrogens (primary N) is 1. The molecule has 86 valence electrons. The molecule has 2 rings (SSSR count). The maximum absolute atomic E-state index is 8.77. The summed E-state index contributed by atoms with van der Waals surface area (Å²) in [6.07, 6.45) is 1.64. The van der Waals surface area contributed by atoms with Crippen molar-refractivity contribution in [3.63, 3.8) is 0 Å². The van der Waals surface area contributed by atoms with Gasteiger partial charge in [0.2, 0.25) is 0 Å². The van der Waals surface area contributed by atoms with Gasteiger partial charge in [0.05, 0.1) is 13.7 Å². The average molecular weight is 228 g/mol. The largest absolute Gasteiger partial charge is 0.497 e. The van der Waals surface area contributed by atoms with Crippen LogP contribution in [0.4, 0.5) is 5.82 Å². The Bertz CT molecular complexity index is 551. The number of nitriles is 1. The molecule has 0 aliphatic heterocycles. The van der Waals surface area contributed by atoms with Crippen LogP contribution >= 0.6 is 0 Å². The Hall–Kier alpha value is -2.48. The molecule has 1 aromatic heterocycles. The van der Waals surface area contributed by atoms with E-state index in [9.17, 15) is 0 Å². The highest BCUT2D eigenvalue weighted by Gasteiger charge is 2.04. The first-order valence-corrected chi connectivity index (χ1v) is 5.09. The highest BCUT2D eigenvalue weighted by Crippen LogP contribution is 2.13. The Morgan fingerprint density at radius 1 is 1.41 bits per heavy atom. The first-order valence-electron chi connectivity index (χ1n) is 5.09. The average Bonchev–Trinajstić information content (AvgIpc) is 2.70. The predicted octanol–water partition coefficient (Wildman–Crippen LogP) is 1.39. The van der Waals surface area contributed by atoms with E-state index < -0.39 is 0 Å². The summed E-state index contributed by atoms with van der Waals surface area (Å²) in [7, 11) is 1.63. The van der Waals surface area contributed by atoms with Crippen LogP contribution in [0.25, 0.3) is 0 Å². The molecule has 0 aliphatic rings. The van der Waals surface area contributed by atoms with E-state index in [-0.39, 0.29) is 5.82 Å². The highest BCUT2D eigenvalue weighted by molar-refractivity contribution is 5.46. The molecule has 5 heteroatoms. The minimum absolute atomic E-state index is 0.265. The first-order chi connectivity index (χ1) is 8.22. The van der Waals surface area contributed by atoms with E-state index in [1.807, 2.05) is 30.3 Å². The molecule has 2 aromatic rings. The summed E-state index contributed by atoms with van der Waals surface area (Å²) in [6, 6.07) is 9.65. The number of anilines is 1. The molecule has 0 fully saturated rings. The van der Waals surface area contributed by atoms with Crippen molar-refractivity contribution in [3.8, 4) is 11.8 Å². The summed E-state index contributed by atoms with van der Waals surface area (Å²) in [5, 5.41) is 12.8. The van der Waals surface area contributed by atoms with Crippen LogP contribution in [0.1, 0.15) is 11.1 Å². The molecule has 17 heavy (non-hydrogen) atoms. The monoisotopic (exact) mass is 228 g/mol. The molecule has 1 aromatic carbocycles. The van der Waals surface area contributed by atoms with Crippen molar-refractivity contribution in [3.05, 3.63) is 41.6 Å². The molecule has 0 aliphatic carbocycles. The second-order valence-electron chi connectivity index (χ2n) is 3.59. The van der Waals surface area contributed by atoms with Crippen LogP contribution < -0.4 is 10.5 Å². The van der Waals surface area contributed by atoms with Gasteiger partial charge in [-0.1, -0.05) is 12.1 Å². The van der Waals surface area contributed by atoms with Gasteiger partial charge in [-0.15, -0.1) is 0 Å². The molecule has 0 saturated carbocycles. The van der Waals surface area contributed by atoms with Gasteiger partial charge in [0, 0.05) is 6.20 Å². The molecule has 0 unspecified atom stereocenters. The predicted molar refractivity (Wildman–Crippen MR) is 63.5 cm³/mol. The van der Waals surface area contributed by atoms with E-state index in [0.717, 1.165) is 11.3 Å². The van der Waals surface area contributed by atoms with Crippen LogP contribution in [0.3, 0.4) is 0 Å². The highest BCUT2D eigenvalue weighted by atomic mass is 16.5. The summed E-state index contributed by atoms with van der Waals surface area (Å²) < 4.78 is 6.72. The van der Waals surface area contributed by atoms with E-state index in [2.05, 4.69) is 5.10 Å². The van der Waals surface area contributed by atoms with Crippen molar-refractivity contribution in [2.75, 3.05) is 12.8 Å². The lowest BCUT2D eigenvalue weighted by Gasteiger charge is -2.03. The van der Waals surface area contributed by atoms with Gasteiger partial charge in [-0.05, 0) is 17.7 Å².